The van der Waals surface area contributed by atoms with Crippen molar-refractivity contribution in [1.82, 2.24) is 0 Å². The van der Waals surface area contributed by atoms with E-state index in [1.807, 2.05) is 0 Å². The molecule has 4 heteroatoms. The van der Waals surface area contributed by atoms with E-state index in [2.05, 4.69) is 39.1 Å². The smallest absolute Gasteiger partial charge is 0.130 e. The topological polar surface area (TPSA) is 47.6 Å². The molecule has 16 heavy (non-hydrogen) atoms. The van der Waals surface area contributed by atoms with E-state index in [-0.39, 0.29) is 0 Å². The van der Waals surface area contributed by atoms with Crippen LogP contribution in [-0.2, 0) is 0 Å². The van der Waals surface area contributed by atoms with Gasteiger partial charge in [-0.2, -0.15) is 10.5 Å². The van der Waals surface area contributed by atoms with E-state index < -0.39 is 0 Å². The van der Waals surface area contributed by atoms with Crippen LogP contribution in [0, 0.1) is 21.3 Å². The summed E-state index contributed by atoms with van der Waals surface area (Å²) in [5.41, 5.74) is 0. The standard InChI is InChI=1S/C10H22.2CHNS/c1-3-5-7-9-10-8-6-4-2;2*2-1-3/h3-10H2,1-2H3;2*3H. The minimum absolute atomic E-state index is 1.37. The quantitative estimate of drug-likeness (QED) is 0.387. The molecule has 0 aliphatic heterocycles. The first-order valence-electron chi connectivity index (χ1n) is 5.81. The molecule has 0 aromatic rings. The Morgan fingerprint density at radius 3 is 1.06 bits per heavy atom. The zero-order valence-corrected chi connectivity index (χ0v) is 12.2. The van der Waals surface area contributed by atoms with Crippen LogP contribution in [-0.4, -0.2) is 0 Å². The lowest BCUT2D eigenvalue weighted by molar-refractivity contribution is 0.585. The highest BCUT2D eigenvalue weighted by Crippen LogP contribution is 2.07. The van der Waals surface area contributed by atoms with Crippen molar-refractivity contribution in [3.8, 4) is 10.8 Å². The molecule has 0 bridgehead atoms. The van der Waals surface area contributed by atoms with Crippen molar-refractivity contribution in [2.24, 2.45) is 0 Å². The molecular formula is C12H24N2S2. The number of rotatable bonds is 7. The Kier molecular flexibility index (Phi) is 38.5. The van der Waals surface area contributed by atoms with Crippen molar-refractivity contribution in [3.63, 3.8) is 0 Å². The summed E-state index contributed by atoms with van der Waals surface area (Å²) in [7, 11) is 0. The first kappa shape index (κ1) is 21.0. The second-order valence-electron chi connectivity index (χ2n) is 3.32. The van der Waals surface area contributed by atoms with Crippen LogP contribution in [0.5, 0.6) is 0 Å². The summed E-state index contributed by atoms with van der Waals surface area (Å²) in [6, 6.07) is 0. The molecule has 0 saturated carbocycles. The van der Waals surface area contributed by atoms with Gasteiger partial charge in [0.2, 0.25) is 0 Å². The van der Waals surface area contributed by atoms with Gasteiger partial charge in [-0.15, -0.1) is 0 Å². The molecule has 0 saturated heterocycles. The van der Waals surface area contributed by atoms with Gasteiger partial charge < -0.3 is 0 Å². The number of thiocyanates is 2. The molecule has 0 aliphatic rings. The highest BCUT2D eigenvalue weighted by Gasteiger charge is 1.87. The fourth-order valence-corrected chi connectivity index (χ4v) is 1.21. The van der Waals surface area contributed by atoms with Gasteiger partial charge in [-0.25, -0.2) is 0 Å². The van der Waals surface area contributed by atoms with Crippen LogP contribution in [0.4, 0.5) is 0 Å². The summed E-state index contributed by atoms with van der Waals surface area (Å²) in [5.74, 6) is 0. The van der Waals surface area contributed by atoms with Crippen LogP contribution in [0.15, 0.2) is 0 Å². The third-order valence-electron chi connectivity index (χ3n) is 1.96. The highest BCUT2D eigenvalue weighted by molar-refractivity contribution is 7.85. The van der Waals surface area contributed by atoms with Crippen molar-refractivity contribution in [2.75, 3.05) is 0 Å². The van der Waals surface area contributed by atoms with Crippen molar-refractivity contribution in [3.05, 3.63) is 0 Å². The number of hydrogen-bond acceptors (Lipinski definition) is 4. The summed E-state index contributed by atoms with van der Waals surface area (Å²) in [5, 5.41) is 17.3. The van der Waals surface area contributed by atoms with E-state index in [4.69, 9.17) is 10.5 Å². The van der Waals surface area contributed by atoms with Crippen LogP contribution in [0.2, 0.25) is 0 Å². The van der Waals surface area contributed by atoms with Crippen LogP contribution in [0.25, 0.3) is 0 Å². The van der Waals surface area contributed by atoms with Gasteiger partial charge in [0.1, 0.15) is 10.8 Å². The van der Waals surface area contributed by atoms with Gasteiger partial charge in [0, 0.05) is 0 Å². The largest absolute Gasteiger partial charge is 0.185 e. The summed E-state index contributed by atoms with van der Waals surface area (Å²) in [6.07, 6.45) is 11.5. The molecule has 0 spiro atoms. The zero-order valence-electron chi connectivity index (χ0n) is 10.4. The lowest BCUT2D eigenvalue weighted by Crippen LogP contribution is -1.77. The van der Waals surface area contributed by atoms with Crippen molar-refractivity contribution >= 4 is 25.3 Å². The lowest BCUT2D eigenvalue weighted by Gasteiger charge is -1.97. The average molecular weight is 260 g/mol. The minimum atomic E-state index is 1.37. The first-order valence-corrected chi connectivity index (χ1v) is 6.70. The maximum Gasteiger partial charge on any atom is 0.130 e. The molecule has 0 aromatic heterocycles. The second-order valence-corrected chi connectivity index (χ2v) is 3.72. The molecule has 0 unspecified atom stereocenters. The third kappa shape index (κ3) is 49.3. The Morgan fingerprint density at radius 1 is 0.688 bits per heavy atom. The molecule has 0 fully saturated rings. The number of nitriles is 2. The van der Waals surface area contributed by atoms with Gasteiger partial charge in [0.25, 0.3) is 0 Å². The van der Waals surface area contributed by atoms with Gasteiger partial charge in [-0.1, -0.05) is 90.5 Å². The molecule has 0 N–H and O–H groups in total. The Bertz CT molecular complexity index is 151. The Hall–Kier alpha value is -0.320. The van der Waals surface area contributed by atoms with Crippen molar-refractivity contribution in [1.29, 1.82) is 10.5 Å². The Balaban J connectivity index is -0.000000235. The predicted octanol–water partition coefficient (Wildman–Crippen LogP) is 4.94. The number of thiol groups is 2. The van der Waals surface area contributed by atoms with Crippen LogP contribution in [0.3, 0.4) is 0 Å². The summed E-state index contributed by atoms with van der Waals surface area (Å²) < 4.78 is 0. The molecule has 0 heterocycles. The molecule has 94 valence electrons. The SMILES string of the molecule is CCCCCCCCCC.N#CS.N#CS. The zero-order chi connectivity index (χ0) is 13.1. The minimum Gasteiger partial charge on any atom is -0.185 e. The van der Waals surface area contributed by atoms with Crippen molar-refractivity contribution in [2.45, 2.75) is 65.2 Å². The van der Waals surface area contributed by atoms with Crippen molar-refractivity contribution < 1.29 is 0 Å². The maximum atomic E-state index is 7.18. The van der Waals surface area contributed by atoms with E-state index >= 15 is 0 Å². The number of unbranched alkanes of at least 4 members (excludes halogenated alkanes) is 7. The van der Waals surface area contributed by atoms with Gasteiger partial charge in [-0.3, -0.25) is 0 Å². The van der Waals surface area contributed by atoms with Gasteiger partial charge >= 0.3 is 0 Å². The normalized spacial score (nSPS) is 7.38. The summed E-state index contributed by atoms with van der Waals surface area (Å²) >= 11 is 6.19. The molecular weight excluding hydrogens is 236 g/mol. The Morgan fingerprint density at radius 2 is 0.875 bits per heavy atom. The first-order chi connectivity index (χ1) is 7.74. The molecule has 0 radical (unpaired) electrons. The van der Waals surface area contributed by atoms with E-state index in [0.29, 0.717) is 0 Å². The molecule has 0 aromatic carbocycles. The van der Waals surface area contributed by atoms with E-state index in [1.54, 1.807) is 0 Å². The predicted molar refractivity (Wildman–Crippen MR) is 77.5 cm³/mol. The molecule has 0 rings (SSSR count). The van der Waals surface area contributed by atoms with Crippen LogP contribution in [0.1, 0.15) is 65.2 Å². The molecule has 2 nitrogen and oxygen atoms in total. The summed E-state index contributed by atoms with van der Waals surface area (Å²) in [4.78, 5) is 0. The molecule has 0 amide bonds. The summed E-state index contributed by atoms with van der Waals surface area (Å²) in [6.45, 7) is 4.54. The fraction of sp³-hybridized carbons (Fsp3) is 0.833. The van der Waals surface area contributed by atoms with E-state index in [0.717, 1.165) is 0 Å². The van der Waals surface area contributed by atoms with Gasteiger partial charge in [0.05, 0.1) is 0 Å². The van der Waals surface area contributed by atoms with Crippen LogP contribution >= 0.6 is 25.3 Å². The van der Waals surface area contributed by atoms with Gasteiger partial charge in [-0.05, 0) is 0 Å². The van der Waals surface area contributed by atoms with Crippen LogP contribution < -0.4 is 0 Å². The van der Waals surface area contributed by atoms with Gasteiger partial charge in [0.15, 0.2) is 0 Å². The number of nitrogens with zero attached hydrogens (tertiary/aromatic N) is 2. The highest BCUT2D eigenvalue weighted by atomic mass is 32.1. The maximum absolute atomic E-state index is 7.18. The fourth-order valence-electron chi connectivity index (χ4n) is 1.21. The third-order valence-corrected chi connectivity index (χ3v) is 1.96. The molecule has 0 aliphatic carbocycles. The second kappa shape index (κ2) is 29.3. The number of hydrogen-bond donors (Lipinski definition) is 2. The van der Waals surface area contributed by atoms with E-state index in [9.17, 15) is 0 Å². The monoisotopic (exact) mass is 260 g/mol. The lowest BCUT2D eigenvalue weighted by atomic mass is 10.1. The molecule has 0 atom stereocenters. The average Bonchev–Trinajstić information content (AvgIpc) is 2.26. The Labute approximate surface area is 112 Å². The van der Waals surface area contributed by atoms with E-state index in [1.165, 1.54) is 62.2 Å².